The quantitative estimate of drug-likeness (QED) is 0.733. The van der Waals surface area contributed by atoms with E-state index in [-0.39, 0.29) is 29.7 Å². The van der Waals surface area contributed by atoms with Crippen LogP contribution in [0.5, 0.6) is 0 Å². The molecule has 11 heteroatoms. The van der Waals surface area contributed by atoms with E-state index in [1.165, 1.54) is 9.58 Å². The first-order valence-electron chi connectivity index (χ1n) is 9.07. The van der Waals surface area contributed by atoms with Gasteiger partial charge in [0.1, 0.15) is 0 Å². The van der Waals surface area contributed by atoms with E-state index in [2.05, 4.69) is 9.84 Å². The lowest BCUT2D eigenvalue weighted by Gasteiger charge is -2.44. The van der Waals surface area contributed by atoms with Crippen molar-refractivity contribution in [3.05, 3.63) is 16.9 Å². The number of alkyl halides is 3. The number of carbonyl (C=O) groups excluding carboxylic acids is 2. The Bertz CT molecular complexity index is 759. The van der Waals surface area contributed by atoms with Crippen molar-refractivity contribution in [2.24, 2.45) is 7.05 Å². The maximum absolute atomic E-state index is 13.0. The fraction of sp³-hybridized carbons (Fsp3) is 0.706. The topological polar surface area (TPSA) is 67.7 Å². The van der Waals surface area contributed by atoms with Crippen LogP contribution in [0, 0.1) is 0 Å². The molecule has 1 spiro atoms. The average Bonchev–Trinajstić information content (AvgIpc) is 3.17. The molecule has 2 aliphatic heterocycles. The lowest BCUT2D eigenvalue weighted by molar-refractivity contribution is -0.200. The first-order valence-corrected chi connectivity index (χ1v) is 9.45. The van der Waals surface area contributed by atoms with Gasteiger partial charge < -0.3 is 14.5 Å². The van der Waals surface area contributed by atoms with Crippen LogP contribution in [0.4, 0.5) is 18.0 Å². The molecule has 1 aromatic rings. The van der Waals surface area contributed by atoms with Crippen molar-refractivity contribution in [2.45, 2.75) is 50.4 Å². The summed E-state index contributed by atoms with van der Waals surface area (Å²) in [6.45, 7) is 1.81. The van der Waals surface area contributed by atoms with Gasteiger partial charge in [0, 0.05) is 38.4 Å². The zero-order valence-corrected chi connectivity index (χ0v) is 16.4. The van der Waals surface area contributed by atoms with Gasteiger partial charge in [-0.3, -0.25) is 9.48 Å². The summed E-state index contributed by atoms with van der Waals surface area (Å²) in [5.41, 5.74) is -0.254. The Morgan fingerprint density at radius 1 is 1.25 bits per heavy atom. The normalized spacial score (nSPS) is 20.5. The fourth-order valence-corrected chi connectivity index (χ4v) is 4.17. The van der Waals surface area contributed by atoms with Gasteiger partial charge >= 0.3 is 12.3 Å². The molecule has 0 aromatic carbocycles. The number of amides is 2. The van der Waals surface area contributed by atoms with Crippen LogP contribution >= 0.6 is 11.6 Å². The predicted octanol–water partition coefficient (Wildman–Crippen LogP) is 3.23. The summed E-state index contributed by atoms with van der Waals surface area (Å²) in [5.74, 6) is -0.259. The summed E-state index contributed by atoms with van der Waals surface area (Å²) in [7, 11) is 1.68. The number of rotatable bonds is 2. The molecule has 1 aromatic heterocycles. The number of halogens is 4. The monoisotopic (exact) mass is 422 g/mol. The molecule has 0 radical (unpaired) electrons. The predicted molar refractivity (Wildman–Crippen MR) is 94.0 cm³/mol. The maximum atomic E-state index is 13.0. The molecule has 0 saturated carbocycles. The van der Waals surface area contributed by atoms with Crippen molar-refractivity contribution in [2.75, 3.05) is 19.6 Å². The Kier molecular flexibility index (Phi) is 5.53. The molecule has 1 atom stereocenters. The number of ether oxygens (including phenoxy) is 1. The minimum atomic E-state index is -4.59. The van der Waals surface area contributed by atoms with Crippen LogP contribution in [0.15, 0.2) is 6.20 Å². The van der Waals surface area contributed by atoms with Gasteiger partial charge in [-0.15, -0.1) is 0 Å². The first-order chi connectivity index (χ1) is 13.0. The summed E-state index contributed by atoms with van der Waals surface area (Å²) >= 11 is 6.10. The third-order valence-electron chi connectivity index (χ3n) is 5.52. The van der Waals surface area contributed by atoms with Crippen molar-refractivity contribution in [3.8, 4) is 0 Å². The van der Waals surface area contributed by atoms with Gasteiger partial charge in [-0.2, -0.15) is 18.3 Å². The van der Waals surface area contributed by atoms with Crippen LogP contribution in [0.25, 0.3) is 0 Å². The van der Waals surface area contributed by atoms with Crippen molar-refractivity contribution < 1.29 is 27.5 Å². The van der Waals surface area contributed by atoms with Crippen LogP contribution in [0.1, 0.15) is 43.1 Å². The second kappa shape index (κ2) is 7.46. The molecular formula is C17H22ClF3N4O3. The van der Waals surface area contributed by atoms with Crippen LogP contribution in [0.3, 0.4) is 0 Å². The van der Waals surface area contributed by atoms with Gasteiger partial charge in [0.05, 0.1) is 5.02 Å². The van der Waals surface area contributed by atoms with Crippen LogP contribution in [-0.4, -0.2) is 69.0 Å². The van der Waals surface area contributed by atoms with Gasteiger partial charge in [0.25, 0.3) is 5.91 Å². The lowest BCUT2D eigenvalue weighted by atomic mass is 9.85. The molecule has 0 aliphatic carbocycles. The highest BCUT2D eigenvalue weighted by molar-refractivity contribution is 6.33. The Hall–Kier alpha value is -1.97. The molecule has 2 amide bonds. The number of hydrogen-bond acceptors (Lipinski definition) is 4. The molecule has 7 nitrogen and oxygen atoms in total. The van der Waals surface area contributed by atoms with E-state index >= 15 is 0 Å². The van der Waals surface area contributed by atoms with Gasteiger partial charge in [0.2, 0.25) is 0 Å². The summed E-state index contributed by atoms with van der Waals surface area (Å²) in [6, 6.07) is 0. The van der Waals surface area contributed by atoms with Gasteiger partial charge in [-0.05, 0) is 32.6 Å². The van der Waals surface area contributed by atoms with Gasteiger partial charge in [-0.25, -0.2) is 4.79 Å². The highest BCUT2D eigenvalue weighted by Crippen LogP contribution is 2.40. The molecule has 28 heavy (non-hydrogen) atoms. The fourth-order valence-electron chi connectivity index (χ4n) is 3.91. The molecule has 3 rings (SSSR count). The number of aryl methyl sites for hydroxylation is 1. The van der Waals surface area contributed by atoms with Crippen molar-refractivity contribution in [1.29, 1.82) is 0 Å². The average molecular weight is 423 g/mol. The minimum absolute atomic E-state index is 0.186. The van der Waals surface area contributed by atoms with E-state index in [4.69, 9.17) is 11.6 Å². The molecule has 3 heterocycles. The third kappa shape index (κ3) is 3.92. The molecule has 0 N–H and O–H groups in total. The Labute approximate surface area is 165 Å². The Balaban J connectivity index is 1.66. The van der Waals surface area contributed by atoms with Crippen LogP contribution < -0.4 is 0 Å². The summed E-state index contributed by atoms with van der Waals surface area (Å²) in [6.07, 6.45) is -3.66. The number of nitrogens with zero attached hydrogens (tertiary/aromatic N) is 4. The molecular weight excluding hydrogens is 401 g/mol. The summed E-state index contributed by atoms with van der Waals surface area (Å²) in [5, 5.41) is 4.41. The van der Waals surface area contributed by atoms with E-state index in [0.717, 1.165) is 19.8 Å². The highest BCUT2D eigenvalue weighted by Gasteiger charge is 2.48. The van der Waals surface area contributed by atoms with Crippen molar-refractivity contribution in [1.82, 2.24) is 19.6 Å². The zero-order chi connectivity index (χ0) is 20.7. The molecule has 2 fully saturated rings. The van der Waals surface area contributed by atoms with E-state index in [9.17, 15) is 22.8 Å². The maximum Gasteiger partial charge on any atom is 0.425 e. The number of hydrogen-bond donors (Lipinski definition) is 0. The Morgan fingerprint density at radius 2 is 1.89 bits per heavy atom. The van der Waals surface area contributed by atoms with E-state index in [0.29, 0.717) is 19.4 Å². The molecule has 0 bridgehead atoms. The number of carbonyl (C=O) groups is 2. The smallest absolute Gasteiger partial charge is 0.425 e. The van der Waals surface area contributed by atoms with Crippen molar-refractivity contribution in [3.63, 3.8) is 0 Å². The second-order valence-corrected chi connectivity index (χ2v) is 7.75. The van der Waals surface area contributed by atoms with Crippen molar-refractivity contribution >= 4 is 23.6 Å². The van der Waals surface area contributed by atoms with E-state index < -0.39 is 23.9 Å². The number of likely N-dealkylation sites (tertiary alicyclic amines) is 2. The first kappa shape index (κ1) is 20.8. The molecule has 2 saturated heterocycles. The number of aromatic nitrogens is 2. The third-order valence-corrected chi connectivity index (χ3v) is 5.80. The SMILES string of the molecule is CC(OC(=O)N1CCC2(CCCN2C(=O)c2nn(C)cc2Cl)CC1)C(F)(F)F. The summed E-state index contributed by atoms with van der Waals surface area (Å²) < 4.78 is 43.8. The summed E-state index contributed by atoms with van der Waals surface area (Å²) in [4.78, 5) is 28.0. The highest BCUT2D eigenvalue weighted by atomic mass is 35.5. The zero-order valence-electron chi connectivity index (χ0n) is 15.6. The Morgan fingerprint density at radius 3 is 2.43 bits per heavy atom. The van der Waals surface area contributed by atoms with Gasteiger partial charge in [-0.1, -0.05) is 11.6 Å². The van der Waals surface area contributed by atoms with E-state index in [1.54, 1.807) is 18.1 Å². The second-order valence-electron chi connectivity index (χ2n) is 7.34. The largest absolute Gasteiger partial charge is 0.437 e. The standard InChI is InChI=1S/C17H22ClF3N4O3/c1-11(17(19,20)21)28-15(27)24-8-5-16(6-9-24)4-3-7-25(16)14(26)13-12(18)10-23(2)22-13/h10-11H,3-9H2,1-2H3. The molecule has 1 unspecified atom stereocenters. The van der Waals surface area contributed by atoms with Gasteiger partial charge in [0.15, 0.2) is 11.8 Å². The van der Waals surface area contributed by atoms with Crippen LogP contribution in [-0.2, 0) is 11.8 Å². The lowest BCUT2D eigenvalue weighted by Crippen LogP contribution is -2.55. The number of piperidine rings is 1. The van der Waals surface area contributed by atoms with E-state index in [1.807, 2.05) is 0 Å². The minimum Gasteiger partial charge on any atom is -0.437 e. The molecule has 2 aliphatic rings. The molecule has 156 valence electrons. The van der Waals surface area contributed by atoms with Crippen LogP contribution in [0.2, 0.25) is 5.02 Å².